The molecule has 3 aromatic rings. The Balaban J connectivity index is 1.79. The summed E-state index contributed by atoms with van der Waals surface area (Å²) in [5.74, 6) is 1.51. The van der Waals surface area contributed by atoms with Gasteiger partial charge in [0.25, 0.3) is 0 Å². The lowest BCUT2D eigenvalue weighted by molar-refractivity contribution is 0.474. The van der Waals surface area contributed by atoms with Gasteiger partial charge in [-0.2, -0.15) is 20.1 Å². The number of aromatic nitrogens is 3. The minimum atomic E-state index is 0.155. The van der Waals surface area contributed by atoms with Gasteiger partial charge in [0.05, 0.1) is 6.21 Å². The van der Waals surface area contributed by atoms with Crippen molar-refractivity contribution in [1.82, 2.24) is 15.0 Å². The van der Waals surface area contributed by atoms with E-state index in [0.717, 1.165) is 18.7 Å². The number of benzene rings is 2. The summed E-state index contributed by atoms with van der Waals surface area (Å²) >= 11 is 0. The second-order valence-electron chi connectivity index (χ2n) is 6.22. The molecule has 0 amide bonds. The first-order valence-corrected chi connectivity index (χ1v) is 9.55. The van der Waals surface area contributed by atoms with Crippen LogP contribution >= 0.6 is 0 Å². The summed E-state index contributed by atoms with van der Waals surface area (Å²) in [5, 5.41) is 17.2. The van der Waals surface area contributed by atoms with Gasteiger partial charge in [-0.25, -0.2) is 5.43 Å². The standard InChI is InChI=1S/C21H25N7O/c1-3-28(4-2)21-25-19(22-14-16-10-6-5-7-11-16)24-20(26-21)27-23-15-17-12-8-9-13-18(17)29/h5-13,15,29H,3-4,14H2,1-2H3,(H2,22,24,25,26,27)/b23-15+. The van der Waals surface area contributed by atoms with Gasteiger partial charge in [-0.3, -0.25) is 0 Å². The number of phenols is 1. The van der Waals surface area contributed by atoms with E-state index in [4.69, 9.17) is 0 Å². The Morgan fingerprint density at radius 1 is 0.931 bits per heavy atom. The van der Waals surface area contributed by atoms with E-state index in [1.165, 1.54) is 6.21 Å². The molecule has 150 valence electrons. The number of hydrogen-bond acceptors (Lipinski definition) is 8. The average molecular weight is 391 g/mol. The van der Waals surface area contributed by atoms with Crippen molar-refractivity contribution in [2.24, 2.45) is 5.10 Å². The molecule has 0 atom stereocenters. The predicted octanol–water partition coefficient (Wildman–Crippen LogP) is 3.48. The molecule has 8 heteroatoms. The van der Waals surface area contributed by atoms with Crippen LogP contribution in [0.4, 0.5) is 17.8 Å². The molecule has 0 bridgehead atoms. The highest BCUT2D eigenvalue weighted by Gasteiger charge is 2.11. The van der Waals surface area contributed by atoms with Crippen molar-refractivity contribution in [3.63, 3.8) is 0 Å². The monoisotopic (exact) mass is 391 g/mol. The quantitative estimate of drug-likeness (QED) is 0.379. The lowest BCUT2D eigenvalue weighted by Crippen LogP contribution is -2.25. The molecule has 8 nitrogen and oxygen atoms in total. The van der Waals surface area contributed by atoms with E-state index in [-0.39, 0.29) is 5.75 Å². The van der Waals surface area contributed by atoms with Crippen LogP contribution in [0.5, 0.6) is 5.75 Å². The minimum Gasteiger partial charge on any atom is -0.507 e. The van der Waals surface area contributed by atoms with Crippen molar-refractivity contribution in [2.45, 2.75) is 20.4 Å². The Bertz CT molecular complexity index is 943. The number of nitrogens with zero attached hydrogens (tertiary/aromatic N) is 5. The summed E-state index contributed by atoms with van der Waals surface area (Å²) in [5.41, 5.74) is 4.56. The zero-order valence-corrected chi connectivity index (χ0v) is 16.6. The third-order valence-electron chi connectivity index (χ3n) is 4.27. The first-order chi connectivity index (χ1) is 14.2. The smallest absolute Gasteiger partial charge is 0.250 e. The summed E-state index contributed by atoms with van der Waals surface area (Å²) in [6.07, 6.45) is 1.52. The first-order valence-electron chi connectivity index (χ1n) is 9.55. The van der Waals surface area contributed by atoms with Gasteiger partial charge in [0.15, 0.2) is 0 Å². The summed E-state index contributed by atoms with van der Waals surface area (Å²) in [6.45, 7) is 6.25. The molecule has 0 unspecified atom stereocenters. The molecule has 0 spiro atoms. The van der Waals surface area contributed by atoms with Gasteiger partial charge in [-0.1, -0.05) is 42.5 Å². The van der Waals surface area contributed by atoms with Crippen molar-refractivity contribution in [3.05, 3.63) is 65.7 Å². The largest absolute Gasteiger partial charge is 0.507 e. The highest BCUT2D eigenvalue weighted by atomic mass is 16.3. The van der Waals surface area contributed by atoms with Gasteiger partial charge in [-0.05, 0) is 31.5 Å². The van der Waals surface area contributed by atoms with E-state index in [9.17, 15) is 5.11 Å². The van der Waals surface area contributed by atoms with Crippen molar-refractivity contribution in [2.75, 3.05) is 28.7 Å². The summed E-state index contributed by atoms with van der Waals surface area (Å²) in [7, 11) is 0. The number of rotatable bonds is 9. The van der Waals surface area contributed by atoms with Gasteiger partial charge in [0.1, 0.15) is 5.75 Å². The molecule has 0 aliphatic heterocycles. The lowest BCUT2D eigenvalue weighted by atomic mass is 10.2. The van der Waals surface area contributed by atoms with Gasteiger partial charge in [0.2, 0.25) is 17.8 Å². The van der Waals surface area contributed by atoms with Crippen LogP contribution in [0.2, 0.25) is 0 Å². The third kappa shape index (κ3) is 5.65. The van der Waals surface area contributed by atoms with Gasteiger partial charge >= 0.3 is 0 Å². The Kier molecular flexibility index (Phi) is 6.94. The van der Waals surface area contributed by atoms with E-state index in [0.29, 0.717) is 30.0 Å². The van der Waals surface area contributed by atoms with Crippen molar-refractivity contribution in [1.29, 1.82) is 0 Å². The van der Waals surface area contributed by atoms with Crippen LogP contribution < -0.4 is 15.6 Å². The van der Waals surface area contributed by atoms with E-state index in [2.05, 4.69) is 30.8 Å². The fourth-order valence-electron chi connectivity index (χ4n) is 2.67. The molecule has 2 aromatic carbocycles. The Morgan fingerprint density at radius 3 is 2.34 bits per heavy atom. The SMILES string of the molecule is CCN(CC)c1nc(NCc2ccccc2)nc(N/N=C/c2ccccc2O)n1. The molecule has 0 saturated heterocycles. The fraction of sp³-hybridized carbons (Fsp3) is 0.238. The Labute approximate surface area is 170 Å². The van der Waals surface area contributed by atoms with E-state index in [1.54, 1.807) is 18.2 Å². The maximum Gasteiger partial charge on any atom is 0.250 e. The lowest BCUT2D eigenvalue weighted by Gasteiger charge is -2.19. The second-order valence-corrected chi connectivity index (χ2v) is 6.22. The second kappa shape index (κ2) is 10.0. The highest BCUT2D eigenvalue weighted by Crippen LogP contribution is 2.15. The molecule has 0 aliphatic rings. The maximum absolute atomic E-state index is 9.83. The Morgan fingerprint density at radius 2 is 1.62 bits per heavy atom. The predicted molar refractivity (Wildman–Crippen MR) is 116 cm³/mol. The minimum absolute atomic E-state index is 0.155. The van der Waals surface area contributed by atoms with Gasteiger partial charge in [0, 0.05) is 25.2 Å². The maximum atomic E-state index is 9.83. The number of para-hydroxylation sites is 1. The van der Waals surface area contributed by atoms with Gasteiger partial charge < -0.3 is 15.3 Å². The summed E-state index contributed by atoms with van der Waals surface area (Å²) < 4.78 is 0. The van der Waals surface area contributed by atoms with Crippen LogP contribution in [0.3, 0.4) is 0 Å². The molecule has 0 radical (unpaired) electrons. The van der Waals surface area contributed by atoms with Crippen LogP contribution in [0.1, 0.15) is 25.0 Å². The fourth-order valence-corrected chi connectivity index (χ4v) is 2.67. The number of nitrogens with one attached hydrogen (secondary N) is 2. The van der Waals surface area contributed by atoms with Crippen LogP contribution in [-0.4, -0.2) is 39.4 Å². The molecule has 1 heterocycles. The van der Waals surface area contributed by atoms with E-state index < -0.39 is 0 Å². The molecular formula is C21H25N7O. The van der Waals surface area contributed by atoms with Crippen LogP contribution in [0.25, 0.3) is 0 Å². The highest BCUT2D eigenvalue weighted by molar-refractivity contribution is 5.83. The zero-order valence-electron chi connectivity index (χ0n) is 16.6. The summed E-state index contributed by atoms with van der Waals surface area (Å²) in [6, 6.07) is 17.0. The van der Waals surface area contributed by atoms with Crippen LogP contribution in [0, 0.1) is 0 Å². The number of hydrazone groups is 1. The van der Waals surface area contributed by atoms with Crippen LogP contribution in [0.15, 0.2) is 59.7 Å². The normalized spacial score (nSPS) is 10.8. The number of aromatic hydroxyl groups is 1. The zero-order chi connectivity index (χ0) is 20.5. The molecular weight excluding hydrogens is 366 g/mol. The van der Waals surface area contributed by atoms with E-state index in [1.807, 2.05) is 55.1 Å². The summed E-state index contributed by atoms with van der Waals surface area (Å²) in [4.78, 5) is 15.4. The number of hydrogen-bond donors (Lipinski definition) is 3. The van der Waals surface area contributed by atoms with E-state index >= 15 is 0 Å². The molecule has 0 fully saturated rings. The molecule has 3 N–H and O–H groups in total. The van der Waals surface area contributed by atoms with Crippen LogP contribution in [-0.2, 0) is 6.54 Å². The van der Waals surface area contributed by atoms with Crippen molar-refractivity contribution < 1.29 is 5.11 Å². The van der Waals surface area contributed by atoms with Crippen molar-refractivity contribution >= 4 is 24.1 Å². The molecule has 1 aromatic heterocycles. The molecule has 3 rings (SSSR count). The third-order valence-corrected chi connectivity index (χ3v) is 4.27. The molecule has 29 heavy (non-hydrogen) atoms. The number of anilines is 3. The topological polar surface area (TPSA) is 98.6 Å². The number of phenolic OH excluding ortho intramolecular Hbond substituents is 1. The average Bonchev–Trinajstić information content (AvgIpc) is 2.75. The van der Waals surface area contributed by atoms with Crippen molar-refractivity contribution in [3.8, 4) is 5.75 Å². The molecule has 0 saturated carbocycles. The first kappa shape index (κ1) is 20.1. The Hall–Kier alpha value is -3.68. The van der Waals surface area contributed by atoms with Gasteiger partial charge in [-0.15, -0.1) is 0 Å². The molecule has 0 aliphatic carbocycles.